The van der Waals surface area contributed by atoms with Crippen molar-refractivity contribution in [2.45, 2.75) is 31.3 Å². The lowest BCUT2D eigenvalue weighted by Crippen LogP contribution is -2.52. The zero-order valence-corrected chi connectivity index (χ0v) is 22.9. The van der Waals surface area contributed by atoms with Gasteiger partial charge in [0.05, 0.1) is 25.4 Å². The minimum absolute atomic E-state index is 0.0654. The monoisotopic (exact) mass is 530 g/mol. The van der Waals surface area contributed by atoms with Crippen molar-refractivity contribution in [1.82, 2.24) is 24.8 Å². The predicted octanol–water partition coefficient (Wildman–Crippen LogP) is 3.72. The SMILES string of the molecule is COc1cc(N2CCC(N3CCN(C)CC3)CC2)ccc1Nc1ncnc(N2OCC[C@@H]2c2ccccc2)n1. The van der Waals surface area contributed by atoms with E-state index in [2.05, 4.69) is 66.3 Å². The van der Waals surface area contributed by atoms with Crippen LogP contribution in [0.4, 0.5) is 23.3 Å². The molecule has 1 aromatic heterocycles. The lowest BCUT2D eigenvalue weighted by molar-refractivity contribution is 0.0982. The highest BCUT2D eigenvalue weighted by Gasteiger charge is 2.30. The standard InChI is InChI=1S/C29H38N8O2/c1-34-15-17-36(18-16-34)23-10-13-35(14-11-23)24-8-9-25(27(20-24)38-2)32-28-30-21-31-29(33-28)37-26(12-19-39-37)22-6-4-3-5-7-22/h3-9,20-21,23,26H,10-19H2,1-2H3,(H,30,31,32,33)/t26-/m1/s1. The highest BCUT2D eigenvalue weighted by Crippen LogP contribution is 2.35. The van der Waals surface area contributed by atoms with Crippen LogP contribution >= 0.6 is 0 Å². The first kappa shape index (κ1) is 25.8. The molecule has 0 spiro atoms. The number of benzene rings is 2. The van der Waals surface area contributed by atoms with Gasteiger partial charge in [0.1, 0.15) is 12.1 Å². The number of nitrogens with zero attached hydrogens (tertiary/aromatic N) is 7. The van der Waals surface area contributed by atoms with E-state index >= 15 is 0 Å². The number of rotatable bonds is 7. The number of piperazine rings is 1. The Labute approximate surface area is 230 Å². The van der Waals surface area contributed by atoms with Gasteiger partial charge in [0, 0.05) is 63.5 Å². The summed E-state index contributed by atoms with van der Waals surface area (Å²) < 4.78 is 5.77. The molecular formula is C29H38N8O2. The van der Waals surface area contributed by atoms with E-state index in [9.17, 15) is 0 Å². The van der Waals surface area contributed by atoms with Gasteiger partial charge in [-0.3, -0.25) is 9.74 Å². The number of piperidine rings is 1. The average Bonchev–Trinajstić information content (AvgIpc) is 3.49. The van der Waals surface area contributed by atoms with Crippen LogP contribution < -0.4 is 20.0 Å². The largest absolute Gasteiger partial charge is 0.494 e. The second kappa shape index (κ2) is 11.7. The fourth-order valence-electron chi connectivity index (χ4n) is 5.87. The number of hydroxylamine groups is 1. The molecule has 0 amide bonds. The zero-order chi connectivity index (χ0) is 26.6. The molecule has 0 bridgehead atoms. The average molecular weight is 531 g/mol. The number of likely N-dealkylation sites (N-methyl/N-ethyl adjacent to an activating group) is 1. The van der Waals surface area contributed by atoms with Crippen LogP contribution in [-0.2, 0) is 4.84 Å². The fraction of sp³-hybridized carbons (Fsp3) is 0.483. The Hall–Kier alpha value is -3.47. The summed E-state index contributed by atoms with van der Waals surface area (Å²) in [5.41, 5.74) is 3.17. The van der Waals surface area contributed by atoms with Crippen LogP contribution in [0.25, 0.3) is 0 Å². The van der Waals surface area contributed by atoms with Crippen molar-refractivity contribution in [3.63, 3.8) is 0 Å². The quantitative estimate of drug-likeness (QED) is 0.488. The second-order valence-corrected chi connectivity index (χ2v) is 10.6. The van der Waals surface area contributed by atoms with E-state index in [1.54, 1.807) is 12.2 Å². The van der Waals surface area contributed by atoms with Gasteiger partial charge in [0.25, 0.3) is 5.95 Å². The number of methoxy groups -OCH3 is 1. The minimum Gasteiger partial charge on any atom is -0.494 e. The highest BCUT2D eigenvalue weighted by molar-refractivity contribution is 5.68. The van der Waals surface area contributed by atoms with E-state index in [-0.39, 0.29) is 6.04 Å². The normalized spacial score (nSPS) is 21.3. The Bertz CT molecular complexity index is 1230. The number of hydrogen-bond donors (Lipinski definition) is 1. The molecule has 10 heteroatoms. The predicted molar refractivity (Wildman–Crippen MR) is 153 cm³/mol. The molecule has 3 aromatic rings. The lowest BCUT2D eigenvalue weighted by atomic mass is 10.0. The Morgan fingerprint density at radius 1 is 0.923 bits per heavy atom. The lowest BCUT2D eigenvalue weighted by Gasteiger charge is -2.42. The first-order valence-corrected chi connectivity index (χ1v) is 14.0. The Kier molecular flexibility index (Phi) is 7.76. The summed E-state index contributed by atoms with van der Waals surface area (Å²) >= 11 is 0. The van der Waals surface area contributed by atoms with E-state index in [0.717, 1.165) is 30.9 Å². The summed E-state index contributed by atoms with van der Waals surface area (Å²) in [5, 5.41) is 5.11. The number of anilines is 4. The molecule has 206 valence electrons. The summed E-state index contributed by atoms with van der Waals surface area (Å²) in [4.78, 5) is 26.9. The van der Waals surface area contributed by atoms with Crippen LogP contribution in [0.2, 0.25) is 0 Å². The van der Waals surface area contributed by atoms with Crippen LogP contribution in [0.15, 0.2) is 54.9 Å². The molecule has 0 unspecified atom stereocenters. The highest BCUT2D eigenvalue weighted by atomic mass is 16.7. The van der Waals surface area contributed by atoms with Gasteiger partial charge in [0.15, 0.2) is 0 Å². The summed E-state index contributed by atoms with van der Waals surface area (Å²) in [5.74, 6) is 1.69. The summed E-state index contributed by atoms with van der Waals surface area (Å²) in [6.07, 6.45) is 4.78. The van der Waals surface area contributed by atoms with Crippen LogP contribution in [0, 0.1) is 0 Å². The molecule has 3 fully saturated rings. The number of hydrogen-bond acceptors (Lipinski definition) is 10. The smallest absolute Gasteiger partial charge is 0.255 e. The number of nitrogens with one attached hydrogen (secondary N) is 1. The van der Waals surface area contributed by atoms with Gasteiger partial charge in [-0.15, -0.1) is 0 Å². The Morgan fingerprint density at radius 3 is 2.49 bits per heavy atom. The Balaban J connectivity index is 1.12. The maximum atomic E-state index is 5.91. The molecule has 0 saturated carbocycles. The van der Waals surface area contributed by atoms with E-state index in [1.165, 1.54) is 56.6 Å². The third-order valence-corrected chi connectivity index (χ3v) is 8.16. The third kappa shape index (κ3) is 5.78. The summed E-state index contributed by atoms with van der Waals surface area (Å²) in [6.45, 7) is 7.45. The molecule has 0 aliphatic carbocycles. The van der Waals surface area contributed by atoms with Crippen molar-refractivity contribution in [2.24, 2.45) is 0 Å². The van der Waals surface area contributed by atoms with Gasteiger partial charge in [-0.1, -0.05) is 30.3 Å². The van der Waals surface area contributed by atoms with E-state index in [0.29, 0.717) is 24.5 Å². The van der Waals surface area contributed by atoms with Crippen molar-refractivity contribution in [3.05, 3.63) is 60.4 Å². The molecule has 3 saturated heterocycles. The van der Waals surface area contributed by atoms with Crippen LogP contribution in [0.3, 0.4) is 0 Å². The van der Waals surface area contributed by atoms with Crippen LogP contribution in [0.1, 0.15) is 30.9 Å². The van der Waals surface area contributed by atoms with Crippen molar-refractivity contribution >= 4 is 23.3 Å². The van der Waals surface area contributed by atoms with Gasteiger partial charge < -0.3 is 19.9 Å². The van der Waals surface area contributed by atoms with Gasteiger partial charge in [0.2, 0.25) is 5.95 Å². The molecule has 2 aromatic carbocycles. The molecule has 4 heterocycles. The molecular weight excluding hydrogens is 492 g/mol. The van der Waals surface area contributed by atoms with Crippen molar-refractivity contribution in [2.75, 3.05) is 75.3 Å². The summed E-state index contributed by atoms with van der Waals surface area (Å²) in [7, 11) is 3.92. The van der Waals surface area contributed by atoms with Crippen LogP contribution in [-0.4, -0.2) is 90.8 Å². The minimum atomic E-state index is 0.0654. The maximum Gasteiger partial charge on any atom is 0.255 e. The first-order chi connectivity index (χ1) is 19.2. The first-order valence-electron chi connectivity index (χ1n) is 14.0. The number of aromatic nitrogens is 3. The molecule has 6 rings (SSSR count). The number of ether oxygens (including phenoxy) is 1. The molecule has 3 aliphatic heterocycles. The van der Waals surface area contributed by atoms with Gasteiger partial charge in [-0.2, -0.15) is 9.97 Å². The van der Waals surface area contributed by atoms with Gasteiger partial charge in [-0.25, -0.2) is 10.0 Å². The van der Waals surface area contributed by atoms with Gasteiger partial charge >= 0.3 is 0 Å². The third-order valence-electron chi connectivity index (χ3n) is 8.16. The van der Waals surface area contributed by atoms with E-state index in [4.69, 9.17) is 9.57 Å². The molecule has 0 radical (unpaired) electrons. The topological polar surface area (TPSA) is 82.1 Å². The second-order valence-electron chi connectivity index (χ2n) is 10.6. The van der Waals surface area contributed by atoms with Crippen molar-refractivity contribution < 1.29 is 9.57 Å². The van der Waals surface area contributed by atoms with Gasteiger partial charge in [-0.05, 0) is 37.6 Å². The zero-order valence-electron chi connectivity index (χ0n) is 22.9. The molecule has 1 atom stereocenters. The molecule has 10 nitrogen and oxygen atoms in total. The molecule has 1 N–H and O–H groups in total. The van der Waals surface area contributed by atoms with E-state index in [1.807, 2.05) is 24.3 Å². The molecule has 39 heavy (non-hydrogen) atoms. The van der Waals surface area contributed by atoms with Crippen molar-refractivity contribution in [1.29, 1.82) is 0 Å². The Morgan fingerprint density at radius 2 is 1.72 bits per heavy atom. The molecule has 3 aliphatic rings. The van der Waals surface area contributed by atoms with Crippen molar-refractivity contribution in [3.8, 4) is 5.75 Å². The fourth-order valence-corrected chi connectivity index (χ4v) is 5.87. The summed E-state index contributed by atoms with van der Waals surface area (Å²) in [6, 6.07) is 17.4. The van der Waals surface area contributed by atoms with Crippen LogP contribution in [0.5, 0.6) is 5.75 Å². The van der Waals surface area contributed by atoms with E-state index < -0.39 is 0 Å². The maximum absolute atomic E-state index is 5.91.